The van der Waals surface area contributed by atoms with Crippen molar-refractivity contribution >= 4 is 15.9 Å². The summed E-state index contributed by atoms with van der Waals surface area (Å²) in [6, 6.07) is 0. The normalized spacial score (nSPS) is 9.44. The molecule has 1 heterocycles. The summed E-state index contributed by atoms with van der Waals surface area (Å²) in [6.45, 7) is 0. The van der Waals surface area contributed by atoms with Gasteiger partial charge < -0.3 is 9.52 Å². The monoisotopic (exact) mass is 190 g/mol. The van der Waals surface area contributed by atoms with Gasteiger partial charge in [0.25, 0.3) is 0 Å². The highest BCUT2D eigenvalue weighted by molar-refractivity contribution is 9.10. The Morgan fingerprint density at radius 1 is 1.56 bits per heavy atom. The van der Waals surface area contributed by atoms with E-state index in [1.807, 2.05) is 0 Å². The van der Waals surface area contributed by atoms with Crippen LogP contribution >= 0.6 is 15.9 Å². The zero-order chi connectivity index (χ0) is 6.85. The molecule has 0 aromatic carbocycles. The summed E-state index contributed by atoms with van der Waals surface area (Å²) < 4.78 is 4.75. The van der Waals surface area contributed by atoms with Crippen LogP contribution in [0.25, 0.3) is 0 Å². The van der Waals surface area contributed by atoms with Gasteiger partial charge in [-0.1, -0.05) is 0 Å². The summed E-state index contributed by atoms with van der Waals surface area (Å²) in [7, 11) is 0. The van der Waals surface area contributed by atoms with Crippen LogP contribution in [0.2, 0.25) is 0 Å². The minimum atomic E-state index is -0.457. The molecule has 0 aliphatic rings. The van der Waals surface area contributed by atoms with Crippen molar-refractivity contribution in [3.05, 3.63) is 27.2 Å². The highest BCUT2D eigenvalue weighted by Gasteiger charge is 1.99. The molecule has 1 aromatic rings. The lowest BCUT2D eigenvalue weighted by molar-refractivity contribution is 0.427. The molecular formula is C5H3BrO3. The van der Waals surface area contributed by atoms with Crippen LogP contribution < -0.4 is 5.43 Å². The highest BCUT2D eigenvalue weighted by Crippen LogP contribution is 2.07. The summed E-state index contributed by atoms with van der Waals surface area (Å²) in [5, 5.41) is 8.66. The van der Waals surface area contributed by atoms with E-state index < -0.39 is 5.43 Å². The number of rotatable bonds is 0. The van der Waals surface area contributed by atoms with Gasteiger partial charge >= 0.3 is 0 Å². The average molecular weight is 191 g/mol. The fourth-order valence-electron chi connectivity index (χ4n) is 0.388. The number of hydrogen-bond donors (Lipinski definition) is 1. The maximum absolute atomic E-state index is 10.6. The van der Waals surface area contributed by atoms with Crippen molar-refractivity contribution in [1.29, 1.82) is 0 Å². The first kappa shape index (κ1) is 6.35. The SMILES string of the molecule is O=c1c(O)cocc1Br. The first-order chi connectivity index (χ1) is 4.22. The molecule has 0 radical (unpaired) electrons. The second kappa shape index (κ2) is 2.23. The summed E-state index contributed by atoms with van der Waals surface area (Å²) in [4.78, 5) is 10.6. The predicted octanol–water partition coefficient (Wildman–Crippen LogP) is 1.11. The molecule has 4 heteroatoms. The van der Waals surface area contributed by atoms with Crippen molar-refractivity contribution < 1.29 is 9.52 Å². The van der Waals surface area contributed by atoms with E-state index in [4.69, 9.17) is 5.11 Å². The van der Waals surface area contributed by atoms with Crippen molar-refractivity contribution in [3.8, 4) is 5.75 Å². The lowest BCUT2D eigenvalue weighted by Crippen LogP contribution is -1.98. The van der Waals surface area contributed by atoms with Crippen LogP contribution in [0.4, 0.5) is 0 Å². The molecule has 0 unspecified atom stereocenters. The molecule has 0 saturated carbocycles. The van der Waals surface area contributed by atoms with Crippen LogP contribution in [-0.2, 0) is 0 Å². The Balaban J connectivity index is 3.43. The van der Waals surface area contributed by atoms with Gasteiger partial charge in [0.05, 0.1) is 0 Å². The topological polar surface area (TPSA) is 50.4 Å². The van der Waals surface area contributed by atoms with Crippen LogP contribution in [-0.4, -0.2) is 5.11 Å². The minimum absolute atomic E-state index is 0.225. The fraction of sp³-hybridized carbons (Fsp3) is 0. The molecule has 0 aliphatic carbocycles. The Hall–Kier alpha value is -0.770. The number of hydrogen-bond acceptors (Lipinski definition) is 3. The Labute approximate surface area is 59.1 Å². The molecule has 9 heavy (non-hydrogen) atoms. The molecule has 1 N–H and O–H groups in total. The maximum Gasteiger partial charge on any atom is 0.240 e. The summed E-state index contributed by atoms with van der Waals surface area (Å²) in [5.41, 5.74) is -0.457. The standard InChI is InChI=1S/C5H3BrO3/c6-3-1-9-2-4(7)5(3)8/h1-2,7H. The Bertz CT molecular complexity index is 242. The Morgan fingerprint density at radius 3 is 2.67 bits per heavy atom. The van der Waals surface area contributed by atoms with Crippen LogP contribution in [0.15, 0.2) is 26.2 Å². The minimum Gasteiger partial charge on any atom is -0.502 e. The molecule has 1 rings (SSSR count). The van der Waals surface area contributed by atoms with Crippen molar-refractivity contribution in [2.75, 3.05) is 0 Å². The molecule has 0 atom stereocenters. The van der Waals surface area contributed by atoms with Gasteiger partial charge in [-0.15, -0.1) is 0 Å². The van der Waals surface area contributed by atoms with Crippen LogP contribution in [0, 0.1) is 0 Å². The summed E-state index contributed by atoms with van der Waals surface area (Å²) in [5.74, 6) is -0.385. The van der Waals surface area contributed by atoms with E-state index in [2.05, 4.69) is 20.3 Å². The lowest BCUT2D eigenvalue weighted by Gasteiger charge is -1.87. The van der Waals surface area contributed by atoms with E-state index in [1.165, 1.54) is 6.26 Å². The summed E-state index contributed by atoms with van der Waals surface area (Å²) in [6.07, 6.45) is 2.19. The second-order valence-electron chi connectivity index (χ2n) is 1.43. The summed E-state index contributed by atoms with van der Waals surface area (Å²) >= 11 is 2.88. The van der Waals surface area contributed by atoms with Crippen LogP contribution in [0.3, 0.4) is 0 Å². The maximum atomic E-state index is 10.6. The molecule has 0 spiro atoms. The zero-order valence-electron chi connectivity index (χ0n) is 4.30. The van der Waals surface area contributed by atoms with Crippen LogP contribution in [0.5, 0.6) is 5.75 Å². The van der Waals surface area contributed by atoms with Gasteiger partial charge in [0.2, 0.25) is 5.43 Å². The third-order valence-corrected chi connectivity index (χ3v) is 1.35. The largest absolute Gasteiger partial charge is 0.502 e. The van der Waals surface area contributed by atoms with Gasteiger partial charge in [0.1, 0.15) is 17.0 Å². The van der Waals surface area contributed by atoms with Crippen LogP contribution in [0.1, 0.15) is 0 Å². The molecule has 48 valence electrons. The Kier molecular flexibility index (Phi) is 1.57. The quantitative estimate of drug-likeness (QED) is 0.667. The molecule has 3 nitrogen and oxygen atoms in total. The lowest BCUT2D eigenvalue weighted by atomic mass is 10.5. The van der Waals surface area contributed by atoms with Gasteiger partial charge in [-0.3, -0.25) is 4.79 Å². The molecule has 0 fully saturated rings. The van der Waals surface area contributed by atoms with Crippen molar-refractivity contribution in [1.82, 2.24) is 0 Å². The fourth-order valence-corrected chi connectivity index (χ4v) is 0.699. The van der Waals surface area contributed by atoms with Gasteiger partial charge in [0, 0.05) is 0 Å². The van der Waals surface area contributed by atoms with Crippen molar-refractivity contribution in [2.24, 2.45) is 0 Å². The highest BCUT2D eigenvalue weighted by atomic mass is 79.9. The first-order valence-corrected chi connectivity index (χ1v) is 2.96. The van der Waals surface area contributed by atoms with E-state index in [9.17, 15) is 4.79 Å². The number of aromatic hydroxyl groups is 1. The third-order valence-electron chi connectivity index (χ3n) is 0.801. The van der Waals surface area contributed by atoms with Gasteiger partial charge in [0.15, 0.2) is 5.75 Å². The van der Waals surface area contributed by atoms with E-state index >= 15 is 0 Å². The van der Waals surface area contributed by atoms with E-state index in [1.54, 1.807) is 0 Å². The molecule has 0 saturated heterocycles. The van der Waals surface area contributed by atoms with Gasteiger partial charge in [-0.25, -0.2) is 0 Å². The molecule has 0 bridgehead atoms. The predicted molar refractivity (Wildman–Crippen MR) is 34.3 cm³/mol. The van der Waals surface area contributed by atoms with E-state index in [0.29, 0.717) is 0 Å². The van der Waals surface area contributed by atoms with E-state index in [0.717, 1.165) is 6.26 Å². The smallest absolute Gasteiger partial charge is 0.240 e. The first-order valence-electron chi connectivity index (χ1n) is 2.17. The second-order valence-corrected chi connectivity index (χ2v) is 2.29. The Morgan fingerprint density at radius 2 is 2.22 bits per heavy atom. The molecular weight excluding hydrogens is 188 g/mol. The van der Waals surface area contributed by atoms with Gasteiger partial charge in [-0.2, -0.15) is 0 Å². The zero-order valence-corrected chi connectivity index (χ0v) is 5.88. The average Bonchev–Trinajstić information content (AvgIpc) is 1.83. The number of halogens is 1. The van der Waals surface area contributed by atoms with Crippen molar-refractivity contribution in [2.45, 2.75) is 0 Å². The van der Waals surface area contributed by atoms with Crippen molar-refractivity contribution in [3.63, 3.8) is 0 Å². The third kappa shape index (κ3) is 1.13. The molecule has 0 aliphatic heterocycles. The van der Waals surface area contributed by atoms with E-state index in [-0.39, 0.29) is 10.2 Å². The molecule has 0 amide bonds. The molecule has 1 aromatic heterocycles. The van der Waals surface area contributed by atoms with Gasteiger partial charge in [-0.05, 0) is 15.9 Å².